The first-order valence-electron chi connectivity index (χ1n) is 4.90. The van der Waals surface area contributed by atoms with Gasteiger partial charge in [-0.3, -0.25) is 0 Å². The van der Waals surface area contributed by atoms with E-state index in [-0.39, 0.29) is 5.82 Å². The maximum Gasteiger partial charge on any atom is 0.419 e. The maximum absolute atomic E-state index is 12.7. The van der Waals surface area contributed by atoms with E-state index in [2.05, 4.69) is 26.2 Å². The Bertz CT molecular complexity index is 371. The van der Waals surface area contributed by atoms with Crippen LogP contribution in [0.2, 0.25) is 0 Å². The van der Waals surface area contributed by atoms with E-state index >= 15 is 0 Å². The van der Waals surface area contributed by atoms with Crippen LogP contribution in [-0.2, 0) is 6.18 Å². The molecule has 2 nitrogen and oxygen atoms in total. The molecule has 1 aromatic heterocycles. The van der Waals surface area contributed by atoms with E-state index in [9.17, 15) is 13.2 Å². The Hall–Kier alpha value is -0.430. The van der Waals surface area contributed by atoms with Crippen molar-refractivity contribution in [3.63, 3.8) is 0 Å². The Morgan fingerprint density at radius 1 is 1.47 bits per heavy atom. The molecule has 1 heterocycles. The third-order valence-corrected chi connectivity index (χ3v) is 3.11. The van der Waals surface area contributed by atoms with Gasteiger partial charge in [0.25, 0.3) is 0 Å². The second-order valence-electron chi connectivity index (χ2n) is 3.32. The quantitative estimate of drug-likeness (QED) is 0.826. The summed E-state index contributed by atoms with van der Waals surface area (Å²) in [7, 11) is 0. The summed E-state index contributed by atoms with van der Waals surface area (Å²) < 4.78 is 38.4. The van der Waals surface area contributed by atoms with Crippen LogP contribution in [-0.4, -0.2) is 23.5 Å². The van der Waals surface area contributed by atoms with Crippen LogP contribution < -0.4 is 5.32 Å². The van der Waals surface area contributed by atoms with Crippen molar-refractivity contribution >= 4 is 33.5 Å². The summed E-state index contributed by atoms with van der Waals surface area (Å²) in [6.45, 7) is 0.485. The van der Waals surface area contributed by atoms with Crippen LogP contribution in [0.25, 0.3) is 0 Å². The molecular formula is C10H12BrF3N2S. The maximum atomic E-state index is 12.7. The molecule has 0 saturated carbocycles. The summed E-state index contributed by atoms with van der Waals surface area (Å²) in [5, 5.41) is 2.72. The minimum atomic E-state index is -4.39. The number of hydrogen-bond acceptors (Lipinski definition) is 3. The highest BCUT2D eigenvalue weighted by Gasteiger charge is 2.34. The summed E-state index contributed by atoms with van der Waals surface area (Å²) in [5.41, 5.74) is -0.740. The van der Waals surface area contributed by atoms with Gasteiger partial charge >= 0.3 is 6.18 Å². The van der Waals surface area contributed by atoms with E-state index in [4.69, 9.17) is 0 Å². The number of halogens is 4. The monoisotopic (exact) mass is 328 g/mol. The fourth-order valence-electron chi connectivity index (χ4n) is 1.22. The molecule has 1 N–H and O–H groups in total. The number of nitrogens with one attached hydrogen (secondary N) is 1. The summed E-state index contributed by atoms with van der Waals surface area (Å²) in [6, 6.07) is 1.03. The molecule has 96 valence electrons. The molecule has 0 aliphatic carbocycles. The van der Waals surface area contributed by atoms with Crippen molar-refractivity contribution in [2.24, 2.45) is 0 Å². The van der Waals surface area contributed by atoms with E-state index in [1.165, 1.54) is 6.20 Å². The highest BCUT2D eigenvalue weighted by atomic mass is 79.9. The van der Waals surface area contributed by atoms with Gasteiger partial charge in [0.1, 0.15) is 5.82 Å². The lowest BCUT2D eigenvalue weighted by Crippen LogP contribution is -2.13. The number of rotatable bonds is 5. The fourth-order valence-corrected chi connectivity index (χ4v) is 1.98. The average Bonchev–Trinajstić information content (AvgIpc) is 2.25. The number of anilines is 1. The van der Waals surface area contributed by atoms with Crippen LogP contribution in [0, 0.1) is 0 Å². The lowest BCUT2D eigenvalue weighted by Gasteiger charge is -2.13. The standard InChI is InChI=1S/C10H12BrF3N2S/c1-17-4-2-3-15-9-8(10(12,13)14)5-7(11)6-16-9/h5-6H,2-4H2,1H3,(H,15,16). The third-order valence-electron chi connectivity index (χ3n) is 1.98. The molecule has 17 heavy (non-hydrogen) atoms. The first-order valence-corrected chi connectivity index (χ1v) is 7.09. The molecule has 0 bridgehead atoms. The van der Waals surface area contributed by atoms with Crippen LogP contribution in [0.5, 0.6) is 0 Å². The molecular weight excluding hydrogens is 317 g/mol. The zero-order valence-electron chi connectivity index (χ0n) is 9.14. The van der Waals surface area contributed by atoms with Crippen LogP contribution in [0.4, 0.5) is 19.0 Å². The number of hydrogen-bond donors (Lipinski definition) is 1. The van der Waals surface area contributed by atoms with Gasteiger partial charge < -0.3 is 5.32 Å². The van der Waals surface area contributed by atoms with E-state index in [1.54, 1.807) is 11.8 Å². The summed E-state index contributed by atoms with van der Waals surface area (Å²) in [6.07, 6.45) is -0.278. The van der Waals surface area contributed by atoms with Gasteiger partial charge in [0.05, 0.1) is 5.56 Å². The smallest absolute Gasteiger partial charge is 0.370 e. The Balaban J connectivity index is 2.77. The predicted octanol–water partition coefficient (Wildman–Crippen LogP) is 4.03. The highest BCUT2D eigenvalue weighted by molar-refractivity contribution is 9.10. The Morgan fingerprint density at radius 2 is 2.18 bits per heavy atom. The molecule has 0 aliphatic rings. The number of aromatic nitrogens is 1. The van der Waals surface area contributed by atoms with Gasteiger partial charge in [-0.2, -0.15) is 24.9 Å². The van der Waals surface area contributed by atoms with E-state index < -0.39 is 11.7 Å². The van der Waals surface area contributed by atoms with Crippen molar-refractivity contribution in [1.82, 2.24) is 4.98 Å². The number of pyridine rings is 1. The Morgan fingerprint density at radius 3 is 2.76 bits per heavy atom. The van der Waals surface area contributed by atoms with Gasteiger partial charge in [-0.25, -0.2) is 4.98 Å². The second kappa shape index (κ2) is 6.49. The van der Waals surface area contributed by atoms with Crippen molar-refractivity contribution in [3.8, 4) is 0 Å². The van der Waals surface area contributed by atoms with Crippen molar-refractivity contribution in [2.75, 3.05) is 23.9 Å². The van der Waals surface area contributed by atoms with Crippen molar-refractivity contribution in [3.05, 3.63) is 22.3 Å². The molecule has 0 aliphatic heterocycles. The molecule has 0 atom stereocenters. The molecule has 0 unspecified atom stereocenters. The van der Waals surface area contributed by atoms with Gasteiger partial charge in [-0.05, 0) is 40.4 Å². The van der Waals surface area contributed by atoms with Crippen molar-refractivity contribution < 1.29 is 13.2 Å². The SMILES string of the molecule is CSCCCNc1ncc(Br)cc1C(F)(F)F. The lowest BCUT2D eigenvalue weighted by molar-refractivity contribution is -0.137. The zero-order chi connectivity index (χ0) is 12.9. The van der Waals surface area contributed by atoms with Crippen LogP contribution in [0.1, 0.15) is 12.0 Å². The van der Waals surface area contributed by atoms with E-state index in [0.717, 1.165) is 18.2 Å². The zero-order valence-corrected chi connectivity index (χ0v) is 11.5. The molecule has 0 amide bonds. The molecule has 0 aromatic carbocycles. The number of nitrogens with zero attached hydrogens (tertiary/aromatic N) is 1. The van der Waals surface area contributed by atoms with Gasteiger partial charge in [0, 0.05) is 17.2 Å². The first kappa shape index (κ1) is 14.6. The van der Waals surface area contributed by atoms with E-state index in [1.807, 2.05) is 6.26 Å². The Labute approximate surface area is 111 Å². The van der Waals surface area contributed by atoms with Crippen LogP contribution in [0.15, 0.2) is 16.7 Å². The third kappa shape index (κ3) is 4.75. The molecule has 1 aromatic rings. The van der Waals surface area contributed by atoms with Gasteiger partial charge in [0.15, 0.2) is 0 Å². The van der Waals surface area contributed by atoms with Crippen LogP contribution in [0.3, 0.4) is 0 Å². The Kier molecular flexibility index (Phi) is 5.58. The average molecular weight is 329 g/mol. The summed E-state index contributed by atoms with van der Waals surface area (Å²) >= 11 is 4.65. The minimum Gasteiger partial charge on any atom is -0.370 e. The molecule has 7 heteroatoms. The van der Waals surface area contributed by atoms with Gasteiger partial charge in [0.2, 0.25) is 0 Å². The van der Waals surface area contributed by atoms with Crippen molar-refractivity contribution in [1.29, 1.82) is 0 Å². The summed E-state index contributed by atoms with van der Waals surface area (Å²) in [5.74, 6) is 0.798. The van der Waals surface area contributed by atoms with Crippen molar-refractivity contribution in [2.45, 2.75) is 12.6 Å². The summed E-state index contributed by atoms with van der Waals surface area (Å²) in [4.78, 5) is 3.76. The molecule has 0 spiro atoms. The lowest BCUT2D eigenvalue weighted by atomic mass is 10.2. The molecule has 0 saturated heterocycles. The normalized spacial score (nSPS) is 11.6. The molecule has 0 fully saturated rings. The number of thioether (sulfide) groups is 1. The highest BCUT2D eigenvalue weighted by Crippen LogP contribution is 2.35. The predicted molar refractivity (Wildman–Crippen MR) is 68.4 cm³/mol. The largest absolute Gasteiger partial charge is 0.419 e. The topological polar surface area (TPSA) is 24.9 Å². The molecule has 1 rings (SSSR count). The van der Waals surface area contributed by atoms with Gasteiger partial charge in [-0.1, -0.05) is 0 Å². The minimum absolute atomic E-state index is 0.109. The first-order chi connectivity index (χ1) is 7.95. The number of alkyl halides is 3. The fraction of sp³-hybridized carbons (Fsp3) is 0.500. The van der Waals surface area contributed by atoms with Crippen LogP contribution >= 0.6 is 27.7 Å². The van der Waals surface area contributed by atoms with Gasteiger partial charge in [-0.15, -0.1) is 0 Å². The van der Waals surface area contributed by atoms with E-state index in [0.29, 0.717) is 11.0 Å². The molecule has 0 radical (unpaired) electrons. The second-order valence-corrected chi connectivity index (χ2v) is 5.22.